The summed E-state index contributed by atoms with van der Waals surface area (Å²) in [6.07, 6.45) is 1.69. The SMILES string of the molecule is CSc1c(C(=O)O)oc2ccc([N+](=O)[O-])cc12. The summed E-state index contributed by atoms with van der Waals surface area (Å²) >= 11 is 1.18. The zero-order chi connectivity index (χ0) is 12.6. The number of carbonyl (C=O) groups is 1. The number of benzene rings is 1. The van der Waals surface area contributed by atoms with Gasteiger partial charge < -0.3 is 9.52 Å². The van der Waals surface area contributed by atoms with Crippen molar-refractivity contribution in [1.82, 2.24) is 0 Å². The summed E-state index contributed by atoms with van der Waals surface area (Å²) in [6.45, 7) is 0. The summed E-state index contributed by atoms with van der Waals surface area (Å²) in [5, 5.41) is 20.0. The Morgan fingerprint density at radius 3 is 2.76 bits per heavy atom. The Kier molecular flexibility index (Phi) is 2.76. The lowest BCUT2D eigenvalue weighted by atomic mass is 10.2. The second kappa shape index (κ2) is 4.10. The molecule has 2 aromatic rings. The number of nitrogens with zero attached hydrogens (tertiary/aromatic N) is 1. The van der Waals surface area contributed by atoms with Gasteiger partial charge in [0.2, 0.25) is 5.76 Å². The fourth-order valence-corrected chi connectivity index (χ4v) is 2.21. The number of carboxylic acid groups (broad SMARTS) is 1. The Hall–Kier alpha value is -2.02. The van der Waals surface area contributed by atoms with Crippen molar-refractivity contribution in [3.63, 3.8) is 0 Å². The molecule has 0 atom stereocenters. The molecule has 1 aromatic carbocycles. The molecule has 0 saturated heterocycles. The molecule has 2 rings (SSSR count). The maximum Gasteiger partial charge on any atom is 0.373 e. The third-order valence-electron chi connectivity index (χ3n) is 2.24. The molecule has 0 radical (unpaired) electrons. The predicted molar refractivity (Wildman–Crippen MR) is 61.6 cm³/mol. The fourth-order valence-electron chi connectivity index (χ4n) is 1.52. The molecule has 0 aliphatic carbocycles. The minimum Gasteiger partial charge on any atom is -0.475 e. The van der Waals surface area contributed by atoms with Gasteiger partial charge in [-0.3, -0.25) is 10.1 Å². The smallest absolute Gasteiger partial charge is 0.373 e. The molecule has 0 unspecified atom stereocenters. The van der Waals surface area contributed by atoms with Crippen LogP contribution in [0.4, 0.5) is 5.69 Å². The minimum absolute atomic E-state index is 0.0921. The van der Waals surface area contributed by atoms with Gasteiger partial charge in [0.25, 0.3) is 5.69 Å². The van der Waals surface area contributed by atoms with E-state index in [4.69, 9.17) is 9.52 Å². The van der Waals surface area contributed by atoms with Crippen molar-refractivity contribution in [2.45, 2.75) is 4.90 Å². The van der Waals surface area contributed by atoms with Crippen molar-refractivity contribution >= 4 is 34.4 Å². The molecule has 7 heteroatoms. The van der Waals surface area contributed by atoms with Gasteiger partial charge in [-0.1, -0.05) is 0 Å². The van der Waals surface area contributed by atoms with Gasteiger partial charge in [-0.2, -0.15) is 0 Å². The molecule has 1 heterocycles. The van der Waals surface area contributed by atoms with Gasteiger partial charge in [-0.25, -0.2) is 4.79 Å². The van der Waals surface area contributed by atoms with Crippen LogP contribution in [0.1, 0.15) is 10.6 Å². The Bertz CT molecular complexity index is 618. The fraction of sp³-hybridized carbons (Fsp3) is 0.100. The van der Waals surface area contributed by atoms with Crippen LogP contribution in [0.3, 0.4) is 0 Å². The first-order chi connectivity index (χ1) is 8.04. The Labute approximate surface area is 99.4 Å². The number of furan rings is 1. The van der Waals surface area contributed by atoms with Gasteiger partial charge in [0.15, 0.2) is 0 Å². The van der Waals surface area contributed by atoms with Crippen LogP contribution in [0.15, 0.2) is 27.5 Å². The molecule has 0 aliphatic rings. The van der Waals surface area contributed by atoms with E-state index in [1.54, 1.807) is 6.26 Å². The maximum atomic E-state index is 10.9. The lowest BCUT2D eigenvalue weighted by Gasteiger charge is -1.93. The standard InChI is InChI=1S/C10H7NO5S/c1-17-9-6-4-5(11(14)15)2-3-7(6)16-8(9)10(12)13/h2-4H,1H3,(H,12,13). The number of rotatable bonds is 3. The number of nitro benzene ring substituents is 1. The zero-order valence-electron chi connectivity index (χ0n) is 8.67. The van der Waals surface area contributed by atoms with Crippen molar-refractivity contribution in [3.8, 4) is 0 Å². The number of non-ortho nitro benzene ring substituents is 1. The third-order valence-corrected chi connectivity index (χ3v) is 3.05. The summed E-state index contributed by atoms with van der Waals surface area (Å²) in [4.78, 5) is 21.4. The van der Waals surface area contributed by atoms with Crippen molar-refractivity contribution in [2.24, 2.45) is 0 Å². The molecule has 0 fully saturated rings. The van der Waals surface area contributed by atoms with E-state index in [1.165, 1.54) is 30.0 Å². The van der Waals surface area contributed by atoms with Crippen LogP contribution in [-0.2, 0) is 0 Å². The molecule has 0 aliphatic heterocycles. The number of thioether (sulfide) groups is 1. The van der Waals surface area contributed by atoms with Gasteiger partial charge in [-0.05, 0) is 12.3 Å². The van der Waals surface area contributed by atoms with E-state index in [0.717, 1.165) is 0 Å². The van der Waals surface area contributed by atoms with Crippen LogP contribution in [0, 0.1) is 10.1 Å². The average molecular weight is 253 g/mol. The number of carboxylic acids is 1. The first-order valence-corrected chi connectivity index (χ1v) is 5.75. The van der Waals surface area contributed by atoms with Crippen molar-refractivity contribution in [3.05, 3.63) is 34.1 Å². The van der Waals surface area contributed by atoms with E-state index < -0.39 is 10.9 Å². The van der Waals surface area contributed by atoms with E-state index in [-0.39, 0.29) is 11.4 Å². The normalized spacial score (nSPS) is 10.6. The molecule has 0 saturated carbocycles. The minimum atomic E-state index is -1.19. The van der Waals surface area contributed by atoms with E-state index >= 15 is 0 Å². The number of fused-ring (bicyclic) bond motifs is 1. The molecule has 0 bridgehead atoms. The molecule has 1 N–H and O–H groups in total. The second-order valence-electron chi connectivity index (χ2n) is 3.21. The average Bonchev–Trinajstić information content (AvgIpc) is 2.66. The second-order valence-corrected chi connectivity index (χ2v) is 4.02. The molecule has 0 spiro atoms. The van der Waals surface area contributed by atoms with E-state index in [9.17, 15) is 14.9 Å². The molecular formula is C10H7NO5S. The number of hydrogen-bond donors (Lipinski definition) is 1. The van der Waals surface area contributed by atoms with E-state index in [2.05, 4.69) is 0 Å². The highest BCUT2D eigenvalue weighted by molar-refractivity contribution is 7.98. The number of aromatic carboxylic acids is 1. The van der Waals surface area contributed by atoms with Gasteiger partial charge in [0, 0.05) is 17.5 Å². The molecule has 1 aromatic heterocycles. The highest BCUT2D eigenvalue weighted by Crippen LogP contribution is 2.34. The van der Waals surface area contributed by atoms with E-state index in [0.29, 0.717) is 15.9 Å². The Morgan fingerprint density at radius 1 is 1.53 bits per heavy atom. The predicted octanol–water partition coefficient (Wildman–Crippen LogP) is 2.76. The molecule has 17 heavy (non-hydrogen) atoms. The lowest BCUT2D eigenvalue weighted by Crippen LogP contribution is -1.94. The quantitative estimate of drug-likeness (QED) is 0.513. The summed E-state index contributed by atoms with van der Waals surface area (Å²) in [6, 6.07) is 4.00. The van der Waals surface area contributed by atoms with Gasteiger partial charge >= 0.3 is 5.97 Å². The summed E-state index contributed by atoms with van der Waals surface area (Å²) < 4.78 is 5.14. The zero-order valence-corrected chi connectivity index (χ0v) is 9.48. The highest BCUT2D eigenvalue weighted by atomic mass is 32.2. The number of nitro groups is 1. The highest BCUT2D eigenvalue weighted by Gasteiger charge is 2.21. The lowest BCUT2D eigenvalue weighted by molar-refractivity contribution is -0.384. The van der Waals surface area contributed by atoms with E-state index in [1.807, 2.05) is 0 Å². The van der Waals surface area contributed by atoms with Gasteiger partial charge in [0.1, 0.15) is 5.58 Å². The van der Waals surface area contributed by atoms with Crippen molar-refractivity contribution in [2.75, 3.05) is 6.26 Å². The number of hydrogen-bond acceptors (Lipinski definition) is 5. The summed E-state index contributed by atoms with van der Waals surface area (Å²) in [5.74, 6) is -1.37. The maximum absolute atomic E-state index is 10.9. The third kappa shape index (κ3) is 1.84. The molecule has 88 valence electrons. The van der Waals surface area contributed by atoms with Crippen LogP contribution in [0.2, 0.25) is 0 Å². The van der Waals surface area contributed by atoms with Crippen LogP contribution in [-0.4, -0.2) is 22.3 Å². The first-order valence-electron chi connectivity index (χ1n) is 4.53. The summed E-state index contributed by atoms with van der Waals surface area (Å²) in [7, 11) is 0. The topological polar surface area (TPSA) is 93.6 Å². The van der Waals surface area contributed by atoms with Crippen molar-refractivity contribution < 1.29 is 19.2 Å². The van der Waals surface area contributed by atoms with Crippen molar-refractivity contribution in [1.29, 1.82) is 0 Å². The van der Waals surface area contributed by atoms with Crippen LogP contribution in [0.25, 0.3) is 11.0 Å². The van der Waals surface area contributed by atoms with Crippen LogP contribution < -0.4 is 0 Å². The van der Waals surface area contributed by atoms with Crippen LogP contribution in [0.5, 0.6) is 0 Å². The van der Waals surface area contributed by atoms with Gasteiger partial charge in [0.05, 0.1) is 9.82 Å². The largest absolute Gasteiger partial charge is 0.475 e. The Morgan fingerprint density at radius 2 is 2.24 bits per heavy atom. The Balaban J connectivity index is 2.75. The molecular weight excluding hydrogens is 246 g/mol. The van der Waals surface area contributed by atoms with Gasteiger partial charge in [-0.15, -0.1) is 11.8 Å². The molecule has 6 nitrogen and oxygen atoms in total. The van der Waals surface area contributed by atoms with Crippen LogP contribution >= 0.6 is 11.8 Å². The molecule has 0 amide bonds. The summed E-state index contributed by atoms with van der Waals surface area (Å²) in [5.41, 5.74) is 0.239. The first kappa shape index (κ1) is 11.5. The monoisotopic (exact) mass is 253 g/mol.